The number of halogens is 3. The smallest absolute Gasteiger partial charge is 0.416 e. The van der Waals surface area contributed by atoms with Gasteiger partial charge < -0.3 is 4.42 Å². The van der Waals surface area contributed by atoms with E-state index in [9.17, 15) is 13.2 Å². The Hall–Kier alpha value is -3.34. The van der Waals surface area contributed by atoms with Gasteiger partial charge in [0.25, 0.3) is 0 Å². The molecule has 3 rings (SSSR count). The molecule has 3 aromatic rings. The van der Waals surface area contributed by atoms with Gasteiger partial charge in [-0.05, 0) is 35.9 Å². The molecule has 0 bridgehead atoms. The van der Waals surface area contributed by atoms with E-state index in [4.69, 9.17) is 9.68 Å². The maximum atomic E-state index is 12.5. The first-order valence-electron chi connectivity index (χ1n) is 6.74. The standard InChI is InChI=1S/C16H9F3N4O/c17-16(18,19)11-4-1-10(2-5-11)3-6-12-7-8-14(24-12)15-13(9-20)21-23-22-15/h1-8H,(H,21,22,23)/b6-3+. The van der Waals surface area contributed by atoms with Crippen LogP contribution in [0.25, 0.3) is 23.6 Å². The summed E-state index contributed by atoms with van der Waals surface area (Å²) >= 11 is 0. The molecule has 1 aromatic carbocycles. The van der Waals surface area contributed by atoms with Crippen molar-refractivity contribution in [1.82, 2.24) is 15.4 Å². The summed E-state index contributed by atoms with van der Waals surface area (Å²) in [7, 11) is 0. The number of alkyl halides is 3. The molecule has 2 aromatic heterocycles. The Morgan fingerprint density at radius 2 is 1.79 bits per heavy atom. The largest absolute Gasteiger partial charge is 0.455 e. The Morgan fingerprint density at radius 1 is 1.04 bits per heavy atom. The van der Waals surface area contributed by atoms with Gasteiger partial charge in [0.2, 0.25) is 0 Å². The van der Waals surface area contributed by atoms with E-state index in [0.29, 0.717) is 22.8 Å². The highest BCUT2D eigenvalue weighted by Crippen LogP contribution is 2.29. The quantitative estimate of drug-likeness (QED) is 0.783. The maximum Gasteiger partial charge on any atom is 0.416 e. The summed E-state index contributed by atoms with van der Waals surface area (Å²) < 4.78 is 43.0. The van der Waals surface area contributed by atoms with Gasteiger partial charge in [0.15, 0.2) is 17.1 Å². The third kappa shape index (κ3) is 3.20. The number of rotatable bonds is 3. The van der Waals surface area contributed by atoms with Crippen molar-refractivity contribution >= 4 is 12.2 Å². The zero-order valence-electron chi connectivity index (χ0n) is 12.0. The molecule has 0 spiro atoms. The summed E-state index contributed by atoms with van der Waals surface area (Å²) in [5, 5.41) is 18.8. The molecular formula is C16H9F3N4O. The summed E-state index contributed by atoms with van der Waals surface area (Å²) in [6, 6.07) is 9.94. The molecule has 0 atom stereocenters. The molecule has 0 unspecified atom stereocenters. The Balaban J connectivity index is 1.77. The lowest BCUT2D eigenvalue weighted by Gasteiger charge is -2.05. The van der Waals surface area contributed by atoms with Crippen molar-refractivity contribution in [2.75, 3.05) is 0 Å². The van der Waals surface area contributed by atoms with Crippen molar-refractivity contribution in [3.63, 3.8) is 0 Å². The van der Waals surface area contributed by atoms with Crippen molar-refractivity contribution < 1.29 is 17.6 Å². The minimum atomic E-state index is -4.35. The van der Waals surface area contributed by atoms with Gasteiger partial charge in [-0.3, -0.25) is 0 Å². The SMILES string of the molecule is N#Cc1n[nH]nc1-c1ccc(/C=C/c2ccc(C(F)(F)F)cc2)o1. The predicted octanol–water partition coefficient (Wildman–Crippen LogP) is 4.13. The Morgan fingerprint density at radius 3 is 2.46 bits per heavy atom. The first-order chi connectivity index (χ1) is 11.5. The highest BCUT2D eigenvalue weighted by Gasteiger charge is 2.29. The van der Waals surface area contributed by atoms with Gasteiger partial charge in [-0.1, -0.05) is 18.2 Å². The van der Waals surface area contributed by atoms with Crippen molar-refractivity contribution in [3.8, 4) is 17.5 Å². The van der Waals surface area contributed by atoms with Crippen LogP contribution in [0.4, 0.5) is 13.2 Å². The lowest BCUT2D eigenvalue weighted by Crippen LogP contribution is -2.03. The van der Waals surface area contributed by atoms with E-state index in [0.717, 1.165) is 12.1 Å². The number of aromatic nitrogens is 3. The van der Waals surface area contributed by atoms with Crippen LogP contribution >= 0.6 is 0 Å². The van der Waals surface area contributed by atoms with Crippen LogP contribution in [0.15, 0.2) is 40.8 Å². The third-order valence-corrected chi connectivity index (χ3v) is 3.19. The fraction of sp³-hybridized carbons (Fsp3) is 0.0625. The lowest BCUT2D eigenvalue weighted by molar-refractivity contribution is -0.137. The number of hydrogen-bond acceptors (Lipinski definition) is 4. The Bertz CT molecular complexity index is 914. The monoisotopic (exact) mass is 330 g/mol. The van der Waals surface area contributed by atoms with Gasteiger partial charge >= 0.3 is 6.18 Å². The average Bonchev–Trinajstić information content (AvgIpc) is 3.21. The van der Waals surface area contributed by atoms with E-state index in [1.807, 2.05) is 6.07 Å². The average molecular weight is 330 g/mol. The van der Waals surface area contributed by atoms with Crippen LogP contribution in [0, 0.1) is 11.3 Å². The topological polar surface area (TPSA) is 78.5 Å². The van der Waals surface area contributed by atoms with E-state index in [1.54, 1.807) is 24.3 Å². The number of hydrogen-bond donors (Lipinski definition) is 1. The van der Waals surface area contributed by atoms with Gasteiger partial charge in [0.05, 0.1) is 5.56 Å². The van der Waals surface area contributed by atoms with E-state index in [2.05, 4.69) is 15.4 Å². The van der Waals surface area contributed by atoms with Crippen LogP contribution in [-0.4, -0.2) is 15.4 Å². The molecule has 0 amide bonds. The van der Waals surface area contributed by atoms with E-state index in [-0.39, 0.29) is 5.69 Å². The fourth-order valence-corrected chi connectivity index (χ4v) is 2.01. The molecule has 0 aliphatic heterocycles. The Labute approximate surface area is 134 Å². The van der Waals surface area contributed by atoms with Gasteiger partial charge in [-0.25, -0.2) is 0 Å². The molecule has 1 N–H and O–H groups in total. The fourth-order valence-electron chi connectivity index (χ4n) is 2.01. The number of furan rings is 1. The van der Waals surface area contributed by atoms with Crippen LogP contribution in [0.3, 0.4) is 0 Å². The van der Waals surface area contributed by atoms with Crippen LogP contribution in [-0.2, 0) is 6.18 Å². The zero-order valence-corrected chi connectivity index (χ0v) is 12.0. The molecule has 24 heavy (non-hydrogen) atoms. The summed E-state index contributed by atoms with van der Waals surface area (Å²) in [5.41, 5.74) is 0.310. The highest BCUT2D eigenvalue weighted by atomic mass is 19.4. The van der Waals surface area contributed by atoms with Gasteiger partial charge in [-0.15, -0.1) is 5.10 Å². The van der Waals surface area contributed by atoms with Crippen molar-refractivity contribution in [2.24, 2.45) is 0 Å². The molecule has 120 valence electrons. The Kier molecular flexibility index (Phi) is 3.92. The summed E-state index contributed by atoms with van der Waals surface area (Å²) in [6.45, 7) is 0. The summed E-state index contributed by atoms with van der Waals surface area (Å²) in [4.78, 5) is 0. The molecule has 0 saturated heterocycles. The third-order valence-electron chi connectivity index (χ3n) is 3.19. The van der Waals surface area contributed by atoms with Crippen LogP contribution in [0.5, 0.6) is 0 Å². The first-order valence-corrected chi connectivity index (χ1v) is 6.74. The minimum Gasteiger partial charge on any atom is -0.455 e. The molecular weight excluding hydrogens is 321 g/mol. The van der Waals surface area contributed by atoms with E-state index >= 15 is 0 Å². The molecule has 0 saturated carbocycles. The van der Waals surface area contributed by atoms with Crippen LogP contribution in [0.2, 0.25) is 0 Å². The number of nitrogens with zero attached hydrogens (tertiary/aromatic N) is 3. The zero-order chi connectivity index (χ0) is 17.2. The molecule has 0 aliphatic carbocycles. The molecule has 0 aliphatic rings. The second kappa shape index (κ2) is 6.04. The number of H-pyrrole nitrogens is 1. The van der Waals surface area contributed by atoms with Crippen molar-refractivity contribution in [1.29, 1.82) is 5.26 Å². The normalized spacial score (nSPS) is 11.8. The highest BCUT2D eigenvalue weighted by molar-refractivity contribution is 5.69. The number of aromatic amines is 1. The summed E-state index contributed by atoms with van der Waals surface area (Å²) in [5.74, 6) is 0.837. The molecule has 5 nitrogen and oxygen atoms in total. The maximum absolute atomic E-state index is 12.5. The first kappa shape index (κ1) is 15.6. The van der Waals surface area contributed by atoms with Crippen LogP contribution < -0.4 is 0 Å². The van der Waals surface area contributed by atoms with Crippen LogP contribution in [0.1, 0.15) is 22.6 Å². The van der Waals surface area contributed by atoms with Gasteiger partial charge in [0.1, 0.15) is 11.8 Å². The van der Waals surface area contributed by atoms with Crippen molar-refractivity contribution in [3.05, 3.63) is 59.0 Å². The minimum absolute atomic E-state index is 0.114. The number of nitrogens with one attached hydrogen (secondary N) is 1. The molecule has 0 fully saturated rings. The number of benzene rings is 1. The second-order valence-electron chi connectivity index (χ2n) is 4.79. The number of nitriles is 1. The van der Waals surface area contributed by atoms with Gasteiger partial charge in [-0.2, -0.15) is 28.7 Å². The van der Waals surface area contributed by atoms with E-state index < -0.39 is 11.7 Å². The summed E-state index contributed by atoms with van der Waals surface area (Å²) in [6.07, 6.45) is -1.12. The molecule has 2 heterocycles. The molecule has 8 heteroatoms. The predicted molar refractivity (Wildman–Crippen MR) is 79.2 cm³/mol. The van der Waals surface area contributed by atoms with E-state index in [1.165, 1.54) is 12.1 Å². The molecule has 0 radical (unpaired) electrons. The lowest BCUT2D eigenvalue weighted by atomic mass is 10.1. The van der Waals surface area contributed by atoms with Gasteiger partial charge in [0, 0.05) is 0 Å². The second-order valence-corrected chi connectivity index (χ2v) is 4.79. The van der Waals surface area contributed by atoms with Crippen molar-refractivity contribution in [2.45, 2.75) is 6.18 Å².